The number of carbonyl (C=O) groups is 1. The lowest BCUT2D eigenvalue weighted by Crippen LogP contribution is -2.41. The van der Waals surface area contributed by atoms with Crippen LogP contribution in [0.3, 0.4) is 0 Å². The predicted octanol–water partition coefficient (Wildman–Crippen LogP) is 1.21. The summed E-state index contributed by atoms with van der Waals surface area (Å²) < 4.78 is 0. The monoisotopic (exact) mass is 259 g/mol. The standard InChI is InChI=1S/C15H21N3O/c1-17-9-5-8-13(17)11-18-14(19)10-16-15(18)12-6-3-2-4-7-12/h2-4,6-7,13,15-16H,5,8-11H2,1H3. The van der Waals surface area contributed by atoms with Crippen LogP contribution in [-0.4, -0.2) is 48.4 Å². The fourth-order valence-corrected chi connectivity index (χ4v) is 3.12. The molecule has 1 amide bonds. The van der Waals surface area contributed by atoms with E-state index in [1.807, 2.05) is 23.1 Å². The maximum absolute atomic E-state index is 12.1. The van der Waals surface area contributed by atoms with Gasteiger partial charge in [0.15, 0.2) is 0 Å². The van der Waals surface area contributed by atoms with Gasteiger partial charge in [-0.2, -0.15) is 0 Å². The van der Waals surface area contributed by atoms with Crippen molar-refractivity contribution in [2.45, 2.75) is 25.0 Å². The highest BCUT2D eigenvalue weighted by molar-refractivity contribution is 5.81. The minimum atomic E-state index is 0.0442. The Morgan fingerprint density at radius 2 is 2.11 bits per heavy atom. The molecular formula is C15H21N3O. The molecule has 4 heteroatoms. The number of nitrogens with zero attached hydrogens (tertiary/aromatic N) is 2. The van der Waals surface area contributed by atoms with Crippen molar-refractivity contribution in [1.29, 1.82) is 0 Å². The average Bonchev–Trinajstić information content (AvgIpc) is 2.99. The van der Waals surface area contributed by atoms with Crippen LogP contribution in [-0.2, 0) is 4.79 Å². The van der Waals surface area contributed by atoms with Crippen LogP contribution < -0.4 is 5.32 Å². The third-order valence-corrected chi connectivity index (χ3v) is 4.27. The second-order valence-electron chi connectivity index (χ2n) is 5.52. The van der Waals surface area contributed by atoms with Crippen LogP contribution in [0.4, 0.5) is 0 Å². The van der Waals surface area contributed by atoms with Crippen LogP contribution in [0.2, 0.25) is 0 Å². The van der Waals surface area contributed by atoms with Crippen molar-refractivity contribution in [3.8, 4) is 0 Å². The van der Waals surface area contributed by atoms with Crippen molar-refractivity contribution < 1.29 is 4.79 Å². The molecule has 0 spiro atoms. The lowest BCUT2D eigenvalue weighted by Gasteiger charge is -2.30. The quantitative estimate of drug-likeness (QED) is 0.886. The maximum Gasteiger partial charge on any atom is 0.238 e. The van der Waals surface area contributed by atoms with Gasteiger partial charge in [0.1, 0.15) is 6.17 Å². The summed E-state index contributed by atoms with van der Waals surface area (Å²) in [5, 5.41) is 3.32. The summed E-state index contributed by atoms with van der Waals surface area (Å²) in [6.45, 7) is 2.44. The molecule has 2 heterocycles. The third kappa shape index (κ3) is 2.51. The van der Waals surface area contributed by atoms with Gasteiger partial charge in [0.05, 0.1) is 6.54 Å². The van der Waals surface area contributed by atoms with Crippen molar-refractivity contribution in [2.75, 3.05) is 26.7 Å². The van der Waals surface area contributed by atoms with Gasteiger partial charge >= 0.3 is 0 Å². The summed E-state index contributed by atoms with van der Waals surface area (Å²) in [7, 11) is 2.16. The number of rotatable bonds is 3. The number of likely N-dealkylation sites (tertiary alicyclic amines) is 1. The summed E-state index contributed by atoms with van der Waals surface area (Å²) in [4.78, 5) is 16.5. The zero-order valence-electron chi connectivity index (χ0n) is 11.4. The van der Waals surface area contributed by atoms with Gasteiger partial charge in [-0.3, -0.25) is 10.1 Å². The molecule has 0 aliphatic carbocycles. The number of amides is 1. The Kier molecular flexibility index (Phi) is 3.53. The van der Waals surface area contributed by atoms with Crippen molar-refractivity contribution >= 4 is 5.91 Å². The molecule has 1 aromatic rings. The number of nitrogens with one attached hydrogen (secondary N) is 1. The molecule has 1 aromatic carbocycles. The highest BCUT2D eigenvalue weighted by atomic mass is 16.2. The van der Waals surface area contributed by atoms with Gasteiger partial charge in [0.2, 0.25) is 5.91 Å². The molecule has 1 N–H and O–H groups in total. The Morgan fingerprint density at radius 3 is 2.79 bits per heavy atom. The highest BCUT2D eigenvalue weighted by Crippen LogP contribution is 2.25. The molecule has 2 fully saturated rings. The van der Waals surface area contributed by atoms with Gasteiger partial charge in [-0.25, -0.2) is 0 Å². The van der Waals surface area contributed by atoms with Crippen LogP contribution in [0.15, 0.2) is 30.3 Å². The lowest BCUT2D eigenvalue weighted by atomic mass is 10.1. The summed E-state index contributed by atoms with van der Waals surface area (Å²) in [6.07, 6.45) is 2.48. The van der Waals surface area contributed by atoms with E-state index in [9.17, 15) is 4.79 Å². The minimum Gasteiger partial charge on any atom is -0.320 e. The molecule has 2 saturated heterocycles. The summed E-state index contributed by atoms with van der Waals surface area (Å²) in [5.74, 6) is 0.217. The number of benzene rings is 1. The molecule has 2 aliphatic rings. The Bertz CT molecular complexity index is 448. The Hall–Kier alpha value is -1.39. The average molecular weight is 259 g/mol. The van der Waals surface area contributed by atoms with Crippen LogP contribution in [0.1, 0.15) is 24.6 Å². The van der Waals surface area contributed by atoms with Crippen LogP contribution in [0.25, 0.3) is 0 Å². The molecule has 2 unspecified atom stereocenters. The first-order valence-electron chi connectivity index (χ1n) is 7.04. The van der Waals surface area contributed by atoms with Crippen LogP contribution >= 0.6 is 0 Å². The molecule has 102 valence electrons. The van der Waals surface area contributed by atoms with Gasteiger partial charge in [0, 0.05) is 12.6 Å². The van der Waals surface area contributed by atoms with Gasteiger partial charge in [-0.15, -0.1) is 0 Å². The van der Waals surface area contributed by atoms with E-state index in [0.29, 0.717) is 12.6 Å². The van der Waals surface area contributed by atoms with Crippen molar-refractivity contribution in [1.82, 2.24) is 15.1 Å². The van der Waals surface area contributed by atoms with Crippen molar-refractivity contribution in [2.24, 2.45) is 0 Å². The van der Waals surface area contributed by atoms with E-state index in [1.165, 1.54) is 18.4 Å². The molecule has 0 aromatic heterocycles. The molecule has 19 heavy (non-hydrogen) atoms. The zero-order chi connectivity index (χ0) is 13.2. The van der Waals surface area contributed by atoms with E-state index in [1.54, 1.807) is 0 Å². The SMILES string of the molecule is CN1CCCC1CN1C(=O)CNC1c1ccccc1. The first kappa shape index (κ1) is 12.6. The number of carbonyl (C=O) groups excluding carboxylic acids is 1. The van der Waals surface area contributed by atoms with Gasteiger partial charge < -0.3 is 9.80 Å². The molecular weight excluding hydrogens is 238 g/mol. The highest BCUT2D eigenvalue weighted by Gasteiger charge is 2.34. The first-order chi connectivity index (χ1) is 9.25. The molecule has 0 saturated carbocycles. The number of hydrogen-bond acceptors (Lipinski definition) is 3. The molecule has 0 bridgehead atoms. The number of likely N-dealkylation sites (N-methyl/N-ethyl adjacent to an activating group) is 1. The second-order valence-corrected chi connectivity index (χ2v) is 5.52. The van der Waals surface area contributed by atoms with Gasteiger partial charge in [0.25, 0.3) is 0 Å². The molecule has 2 aliphatic heterocycles. The summed E-state index contributed by atoms with van der Waals surface area (Å²) in [6, 6.07) is 10.7. The number of hydrogen-bond donors (Lipinski definition) is 1. The molecule has 4 nitrogen and oxygen atoms in total. The van der Waals surface area contributed by atoms with Crippen molar-refractivity contribution in [3.63, 3.8) is 0 Å². The van der Waals surface area contributed by atoms with E-state index < -0.39 is 0 Å². The Balaban J connectivity index is 1.75. The fraction of sp³-hybridized carbons (Fsp3) is 0.533. The second kappa shape index (κ2) is 5.31. The zero-order valence-corrected chi connectivity index (χ0v) is 11.4. The van der Waals surface area contributed by atoms with Gasteiger partial charge in [-0.05, 0) is 32.0 Å². The van der Waals surface area contributed by atoms with E-state index in [-0.39, 0.29) is 12.1 Å². The van der Waals surface area contributed by atoms with Crippen molar-refractivity contribution in [3.05, 3.63) is 35.9 Å². The predicted molar refractivity (Wildman–Crippen MR) is 74.6 cm³/mol. The fourth-order valence-electron chi connectivity index (χ4n) is 3.12. The summed E-state index contributed by atoms with van der Waals surface area (Å²) >= 11 is 0. The van der Waals surface area contributed by atoms with E-state index in [0.717, 1.165) is 13.1 Å². The molecule has 2 atom stereocenters. The Morgan fingerprint density at radius 1 is 1.32 bits per heavy atom. The van der Waals surface area contributed by atoms with Crippen LogP contribution in [0.5, 0.6) is 0 Å². The largest absolute Gasteiger partial charge is 0.320 e. The topological polar surface area (TPSA) is 35.6 Å². The minimum absolute atomic E-state index is 0.0442. The van der Waals surface area contributed by atoms with E-state index in [4.69, 9.17) is 0 Å². The van der Waals surface area contributed by atoms with Gasteiger partial charge in [-0.1, -0.05) is 30.3 Å². The lowest BCUT2D eigenvalue weighted by molar-refractivity contribution is -0.128. The van der Waals surface area contributed by atoms with E-state index in [2.05, 4.69) is 29.4 Å². The third-order valence-electron chi connectivity index (χ3n) is 4.27. The Labute approximate surface area is 114 Å². The molecule has 0 radical (unpaired) electrons. The maximum atomic E-state index is 12.1. The van der Waals surface area contributed by atoms with E-state index >= 15 is 0 Å². The molecule has 3 rings (SSSR count). The summed E-state index contributed by atoms with van der Waals surface area (Å²) in [5.41, 5.74) is 1.18. The smallest absolute Gasteiger partial charge is 0.238 e. The first-order valence-corrected chi connectivity index (χ1v) is 7.04. The van der Waals surface area contributed by atoms with Crippen LogP contribution in [0, 0.1) is 0 Å². The normalized spacial score (nSPS) is 28.3.